The topological polar surface area (TPSA) is 104 Å². The number of carbonyl (C=O) groups excluding carboxylic acids is 3. The van der Waals surface area contributed by atoms with Crippen LogP contribution in [-0.2, 0) is 32.6 Å². The lowest BCUT2D eigenvalue weighted by atomic mass is 10.0. The minimum Gasteiger partial charge on any atom is -0.354 e. The minimum atomic E-state index is -3.94. The highest BCUT2D eigenvalue weighted by Crippen LogP contribution is 2.22. The highest BCUT2D eigenvalue weighted by Gasteiger charge is 2.33. The highest BCUT2D eigenvalue weighted by atomic mass is 35.5. The Morgan fingerprint density at radius 1 is 0.927 bits per heavy atom. The average molecular weight is 598 g/mol. The van der Waals surface area contributed by atoms with Gasteiger partial charge in [0.25, 0.3) is 0 Å². The number of hydrogen-bond donors (Lipinski definition) is 1. The van der Waals surface area contributed by atoms with Gasteiger partial charge in [-0.05, 0) is 48.7 Å². The first-order valence-corrected chi connectivity index (χ1v) is 15.7. The van der Waals surface area contributed by atoms with Crippen molar-refractivity contribution in [3.8, 4) is 0 Å². The van der Waals surface area contributed by atoms with E-state index in [1.165, 1.54) is 24.0 Å². The maximum Gasteiger partial charge on any atom is 0.244 e. The third-order valence-corrected chi connectivity index (χ3v) is 7.94. The lowest BCUT2D eigenvalue weighted by Crippen LogP contribution is -2.53. The first-order valence-electron chi connectivity index (χ1n) is 13.4. The molecule has 0 radical (unpaired) electrons. The number of ketones is 1. The SMILES string of the molecule is CCCCNC(=O)[C@H](Cc1ccccc1)N(Cc1cccc(Cl)c1)C(=O)CN(c1cccc(C(C)=O)c1)S(C)(=O)=O. The smallest absolute Gasteiger partial charge is 0.244 e. The van der Waals surface area contributed by atoms with Crippen LogP contribution in [0, 0.1) is 0 Å². The van der Waals surface area contributed by atoms with Gasteiger partial charge >= 0.3 is 0 Å². The van der Waals surface area contributed by atoms with Gasteiger partial charge in [-0.3, -0.25) is 18.7 Å². The van der Waals surface area contributed by atoms with E-state index in [9.17, 15) is 22.8 Å². The van der Waals surface area contributed by atoms with Crippen LogP contribution in [0.1, 0.15) is 48.2 Å². The van der Waals surface area contributed by atoms with Gasteiger partial charge < -0.3 is 10.2 Å². The molecule has 0 aliphatic heterocycles. The fourth-order valence-electron chi connectivity index (χ4n) is 4.39. The van der Waals surface area contributed by atoms with Crippen molar-refractivity contribution < 1.29 is 22.8 Å². The number of unbranched alkanes of at least 4 members (excludes halogenated alkanes) is 1. The summed E-state index contributed by atoms with van der Waals surface area (Å²) in [5, 5.41) is 3.42. The molecule has 0 aromatic heterocycles. The summed E-state index contributed by atoms with van der Waals surface area (Å²) >= 11 is 6.23. The summed E-state index contributed by atoms with van der Waals surface area (Å²) in [4.78, 5) is 41.1. The van der Waals surface area contributed by atoms with Crippen LogP contribution in [0.25, 0.3) is 0 Å². The van der Waals surface area contributed by atoms with Crippen LogP contribution in [0.5, 0.6) is 0 Å². The van der Waals surface area contributed by atoms with Crippen molar-refractivity contribution in [2.75, 3.05) is 23.7 Å². The van der Waals surface area contributed by atoms with E-state index in [1.54, 1.807) is 36.4 Å². The van der Waals surface area contributed by atoms with E-state index in [-0.39, 0.29) is 30.3 Å². The molecule has 1 N–H and O–H groups in total. The molecule has 0 spiro atoms. The van der Waals surface area contributed by atoms with Gasteiger partial charge in [0.1, 0.15) is 12.6 Å². The molecule has 41 heavy (non-hydrogen) atoms. The molecule has 8 nitrogen and oxygen atoms in total. The molecule has 3 aromatic carbocycles. The molecule has 10 heteroatoms. The normalized spacial score (nSPS) is 11.9. The van der Waals surface area contributed by atoms with Gasteiger partial charge in [-0.25, -0.2) is 8.42 Å². The predicted octanol–water partition coefficient (Wildman–Crippen LogP) is 4.87. The first-order chi connectivity index (χ1) is 19.5. The van der Waals surface area contributed by atoms with Crippen molar-refractivity contribution in [2.24, 2.45) is 0 Å². The van der Waals surface area contributed by atoms with Crippen LogP contribution in [-0.4, -0.2) is 56.3 Å². The Labute approximate surface area is 247 Å². The Morgan fingerprint density at radius 3 is 2.24 bits per heavy atom. The number of amides is 2. The maximum atomic E-state index is 14.1. The average Bonchev–Trinajstić information content (AvgIpc) is 2.93. The number of hydrogen-bond acceptors (Lipinski definition) is 5. The van der Waals surface area contributed by atoms with E-state index >= 15 is 0 Å². The minimum absolute atomic E-state index is 0.0309. The molecule has 218 valence electrons. The molecule has 0 saturated heterocycles. The number of nitrogens with zero attached hydrogens (tertiary/aromatic N) is 2. The summed E-state index contributed by atoms with van der Waals surface area (Å²) in [5.41, 5.74) is 2.04. The second-order valence-corrected chi connectivity index (χ2v) is 12.2. The Kier molecular flexibility index (Phi) is 11.5. The number of sulfonamides is 1. The summed E-state index contributed by atoms with van der Waals surface area (Å²) in [7, 11) is -3.94. The molecule has 0 heterocycles. The number of Topliss-reactive ketones (excluding diaryl/α,β-unsaturated/α-hetero) is 1. The van der Waals surface area contributed by atoms with Crippen LogP contribution < -0.4 is 9.62 Å². The molecule has 0 bridgehead atoms. The Morgan fingerprint density at radius 2 is 1.61 bits per heavy atom. The largest absolute Gasteiger partial charge is 0.354 e. The van der Waals surface area contributed by atoms with Crippen molar-refractivity contribution in [2.45, 2.75) is 45.7 Å². The lowest BCUT2D eigenvalue weighted by Gasteiger charge is -2.33. The molecule has 1 atom stereocenters. The second kappa shape index (κ2) is 14.8. The lowest BCUT2D eigenvalue weighted by molar-refractivity contribution is -0.140. The zero-order valence-corrected chi connectivity index (χ0v) is 25.1. The summed E-state index contributed by atoms with van der Waals surface area (Å²) in [6.07, 6.45) is 2.89. The molecule has 0 aliphatic rings. The Hall–Kier alpha value is -3.69. The van der Waals surface area contributed by atoms with E-state index < -0.39 is 28.5 Å². The zero-order chi connectivity index (χ0) is 30.0. The zero-order valence-electron chi connectivity index (χ0n) is 23.5. The maximum absolute atomic E-state index is 14.1. The summed E-state index contributed by atoms with van der Waals surface area (Å²) < 4.78 is 26.8. The van der Waals surface area contributed by atoms with Crippen LogP contribution in [0.2, 0.25) is 5.02 Å². The molecule has 3 aromatic rings. The summed E-state index contributed by atoms with van der Waals surface area (Å²) in [6.45, 7) is 3.32. The van der Waals surface area contributed by atoms with Gasteiger partial charge in [0.2, 0.25) is 21.8 Å². The molecule has 0 fully saturated rings. The van der Waals surface area contributed by atoms with Crippen molar-refractivity contribution in [3.05, 3.63) is 101 Å². The van der Waals surface area contributed by atoms with Crippen molar-refractivity contribution in [3.63, 3.8) is 0 Å². The standard InChI is InChI=1S/C31H36ClN3O5S/c1-4-5-17-33-31(38)29(19-24-11-7-6-8-12-24)34(21-25-13-9-15-27(32)18-25)30(37)22-35(41(3,39)40)28-16-10-14-26(20-28)23(2)36/h6-16,18,20,29H,4-5,17,19,21-22H2,1-3H3,(H,33,38)/t29-/m0/s1. The molecule has 0 unspecified atom stereocenters. The van der Waals surface area contributed by atoms with Gasteiger partial charge in [0.15, 0.2) is 5.78 Å². The van der Waals surface area contributed by atoms with Gasteiger partial charge in [0, 0.05) is 30.1 Å². The number of carbonyl (C=O) groups is 3. The number of nitrogens with one attached hydrogen (secondary N) is 1. The molecule has 0 aliphatic carbocycles. The van der Waals surface area contributed by atoms with E-state index in [4.69, 9.17) is 11.6 Å². The molecular weight excluding hydrogens is 562 g/mol. The third-order valence-electron chi connectivity index (χ3n) is 6.56. The second-order valence-electron chi connectivity index (χ2n) is 9.88. The number of halogens is 1. The van der Waals surface area contributed by atoms with Gasteiger partial charge in [-0.1, -0.05) is 79.5 Å². The number of rotatable bonds is 14. The van der Waals surface area contributed by atoms with Crippen LogP contribution in [0.3, 0.4) is 0 Å². The summed E-state index contributed by atoms with van der Waals surface area (Å²) in [6, 6.07) is 21.5. The van der Waals surface area contributed by atoms with E-state index in [2.05, 4.69) is 5.32 Å². The Balaban J connectivity index is 2.05. The highest BCUT2D eigenvalue weighted by molar-refractivity contribution is 7.92. The number of benzene rings is 3. The third kappa shape index (κ3) is 9.43. The van der Waals surface area contributed by atoms with Crippen molar-refractivity contribution in [1.82, 2.24) is 10.2 Å². The van der Waals surface area contributed by atoms with Crippen molar-refractivity contribution in [1.29, 1.82) is 0 Å². The fourth-order valence-corrected chi connectivity index (χ4v) is 5.44. The molecule has 0 saturated carbocycles. The van der Waals surface area contributed by atoms with E-state index in [0.29, 0.717) is 22.7 Å². The monoisotopic (exact) mass is 597 g/mol. The molecule has 2 amide bonds. The molecule has 3 rings (SSSR count). The van der Waals surface area contributed by atoms with Crippen LogP contribution >= 0.6 is 11.6 Å². The van der Waals surface area contributed by atoms with Gasteiger partial charge in [0.05, 0.1) is 11.9 Å². The predicted molar refractivity (Wildman–Crippen MR) is 162 cm³/mol. The van der Waals surface area contributed by atoms with E-state index in [1.807, 2.05) is 37.3 Å². The first kappa shape index (κ1) is 31.8. The quantitative estimate of drug-likeness (QED) is 0.211. The Bertz CT molecular complexity index is 1460. The van der Waals surface area contributed by atoms with Crippen LogP contribution in [0.15, 0.2) is 78.9 Å². The molecular formula is C31H36ClN3O5S. The van der Waals surface area contributed by atoms with Crippen molar-refractivity contribution >= 4 is 44.9 Å². The number of anilines is 1. The van der Waals surface area contributed by atoms with E-state index in [0.717, 1.165) is 29.0 Å². The summed E-state index contributed by atoms with van der Waals surface area (Å²) in [5.74, 6) is -1.14. The van der Waals surface area contributed by atoms with Gasteiger partial charge in [-0.15, -0.1) is 0 Å². The van der Waals surface area contributed by atoms with Gasteiger partial charge in [-0.2, -0.15) is 0 Å². The van der Waals surface area contributed by atoms with Crippen LogP contribution in [0.4, 0.5) is 5.69 Å². The fraction of sp³-hybridized carbons (Fsp3) is 0.323.